The summed E-state index contributed by atoms with van der Waals surface area (Å²) in [5.41, 5.74) is 0.390. The second-order valence-electron chi connectivity index (χ2n) is 28.5. The Morgan fingerprint density at radius 1 is 0.444 bits per heavy atom. The Labute approximate surface area is 633 Å². The number of hydrogen-bond donors (Lipinski definition) is 3. The highest BCUT2D eigenvalue weighted by atomic mass is 32.1. The topological polar surface area (TPSA) is 186 Å². The normalized spacial score (nSPS) is 14.5. The number of fused-ring (bicyclic) bond motifs is 3. The van der Waals surface area contributed by atoms with E-state index in [0.717, 1.165) is 109 Å². The first-order valence-electron chi connectivity index (χ1n) is 34.5. The number of methoxy groups -OCH3 is 2. The van der Waals surface area contributed by atoms with Crippen molar-refractivity contribution in [3.63, 3.8) is 0 Å². The van der Waals surface area contributed by atoms with E-state index in [9.17, 15) is 59.0 Å². The van der Waals surface area contributed by atoms with Crippen LogP contribution in [0.2, 0.25) is 0 Å². The number of halogens is 9. The Morgan fingerprint density at radius 3 is 1.08 bits per heavy atom. The van der Waals surface area contributed by atoms with E-state index in [0.29, 0.717) is 74.9 Å². The van der Waals surface area contributed by atoms with Crippen LogP contribution in [0.5, 0.6) is 17.2 Å². The summed E-state index contributed by atoms with van der Waals surface area (Å²) in [6, 6.07) is 34.0. The molecule has 0 bridgehead atoms. The zero-order valence-corrected chi connectivity index (χ0v) is 63.9. The molecule has 576 valence electrons. The third-order valence-electron chi connectivity index (χ3n) is 17.1. The van der Waals surface area contributed by atoms with Gasteiger partial charge in [0.05, 0.1) is 67.5 Å². The summed E-state index contributed by atoms with van der Waals surface area (Å²) in [7, 11) is 0.989. The molecule has 3 N–H and O–H groups in total. The largest absolute Gasteiger partial charge is 0.499 e. The first-order valence-corrected chi connectivity index (χ1v) is 37.2. The molecule has 6 aromatic carbocycles. The number of ether oxygens (including phenoxy) is 8. The van der Waals surface area contributed by atoms with E-state index < -0.39 is 101 Å². The SMILES string of the molecule is CC(C)(C)OC(C(=O)O)c1c(C(F)(F)F)ccc(-c2cccs2)c1-c1ccc2c(c1)CCCO2.COC(=O)C(OC(C)(C)C)c1c(C(F)(F)F)ccc(-c2cccs2)c1-c1ccc2c(c1)CCCO2.COC(=O)C(OC(C)(C)C)c1c(C(F)(F)F)ccc(C)c1-c1ccc2c(c1)CCCO2.OB(O)c1cccs1. The van der Waals surface area contributed by atoms with E-state index >= 15 is 0 Å². The number of thiophene rings is 3. The highest BCUT2D eigenvalue weighted by Crippen LogP contribution is 2.52. The number of carbonyl (C=O) groups is 3. The second kappa shape index (κ2) is 34.6. The molecular weight excluding hydrogens is 1470 g/mol. The number of carboxylic acid groups (broad SMARTS) is 1. The number of carbonyl (C=O) groups excluding carboxylic acids is 2. The molecule has 3 aliphatic heterocycles. The molecule has 3 aromatic heterocycles. The van der Waals surface area contributed by atoms with E-state index in [-0.39, 0.29) is 16.7 Å². The third-order valence-corrected chi connectivity index (χ3v) is 19.8. The van der Waals surface area contributed by atoms with Gasteiger partial charge in [0.15, 0.2) is 18.3 Å². The van der Waals surface area contributed by atoms with Gasteiger partial charge in [0.25, 0.3) is 0 Å². The van der Waals surface area contributed by atoms with Gasteiger partial charge in [-0.3, -0.25) is 0 Å². The van der Waals surface area contributed by atoms with Gasteiger partial charge in [-0.2, -0.15) is 50.9 Å². The molecule has 0 saturated heterocycles. The number of carboxylic acids is 1. The maximum absolute atomic E-state index is 14.4. The van der Waals surface area contributed by atoms with Crippen molar-refractivity contribution in [3.8, 4) is 71.5 Å². The highest BCUT2D eigenvalue weighted by molar-refractivity contribution is 7.20. The zero-order valence-electron chi connectivity index (χ0n) is 61.5. The van der Waals surface area contributed by atoms with Gasteiger partial charge in [-0.25, -0.2) is 14.4 Å². The highest BCUT2D eigenvalue weighted by Gasteiger charge is 2.46. The van der Waals surface area contributed by atoms with Crippen LogP contribution < -0.4 is 19.0 Å². The standard InChI is InChI=1S/C27H27F3O4S.C26H25F3O4S.C24H27F3O4.C4H5BO2S/c1-26(2,3)34-24(25(31)32-4)23-19(27(28,29)30)11-10-18(21-8-6-14-35-21)22(23)17-9-12-20-16(15-17)7-5-13-33-20;1-25(2,3)33-23(24(30)31)22-18(26(27,28)29)10-9-17(20-7-5-13-34-20)21(22)16-8-11-19-15(14-16)6-4-12-32-19;1-14-8-10-17(24(25,26)27)20(21(22(28)29-5)31-23(2,3)4)19(14)16-9-11-18-15(13-16)7-6-12-30-18;6-5(7)4-2-1-3-8-4/h6,8-12,14-15,24H,5,7,13H2,1-4H3;5,7-11,13-14,23H,4,6,12H2,1-3H3,(H,30,31);8-11,13,21H,6-7,12H2,1-5H3;1-3,6-7H. The molecule has 0 fully saturated rings. The summed E-state index contributed by atoms with van der Waals surface area (Å²) in [5, 5.41) is 32.5. The summed E-state index contributed by atoms with van der Waals surface area (Å²) in [4.78, 5) is 39.5. The predicted molar refractivity (Wildman–Crippen MR) is 400 cm³/mol. The van der Waals surface area contributed by atoms with Crippen LogP contribution in [0.25, 0.3) is 54.3 Å². The smallest absolute Gasteiger partial charge is 0.493 e. The van der Waals surface area contributed by atoms with E-state index in [1.807, 2.05) is 47.2 Å². The minimum Gasteiger partial charge on any atom is -0.493 e. The fourth-order valence-corrected chi connectivity index (χ4v) is 14.9. The Hall–Kier alpha value is -8.54. The lowest BCUT2D eigenvalue weighted by molar-refractivity contribution is -0.167. The van der Waals surface area contributed by atoms with E-state index in [1.54, 1.807) is 129 Å². The van der Waals surface area contributed by atoms with Crippen molar-refractivity contribution in [1.82, 2.24) is 0 Å². The number of aryl methyl sites for hydroxylation is 4. The van der Waals surface area contributed by atoms with Crippen LogP contribution in [0.15, 0.2) is 144 Å². The van der Waals surface area contributed by atoms with Crippen LogP contribution in [0.1, 0.15) is 156 Å². The van der Waals surface area contributed by atoms with Crippen molar-refractivity contribution in [1.29, 1.82) is 0 Å². The van der Waals surface area contributed by atoms with Crippen LogP contribution in [0.3, 0.4) is 0 Å². The average molecular weight is 1560 g/mol. The van der Waals surface area contributed by atoms with Crippen molar-refractivity contribution in [2.75, 3.05) is 34.0 Å². The average Bonchev–Trinajstić information content (AvgIpc) is 1.30. The van der Waals surface area contributed by atoms with Gasteiger partial charge in [0.1, 0.15) is 17.2 Å². The fraction of sp³-hybridized carbons (Fsp3) is 0.370. The zero-order chi connectivity index (χ0) is 79.0. The number of hydrogen-bond acceptors (Lipinski definition) is 16. The summed E-state index contributed by atoms with van der Waals surface area (Å²) >= 11 is 4.12. The predicted octanol–water partition coefficient (Wildman–Crippen LogP) is 20.3. The minimum atomic E-state index is -4.77. The maximum atomic E-state index is 14.4. The lowest BCUT2D eigenvalue weighted by atomic mass is 9.85. The number of esters is 2. The van der Waals surface area contributed by atoms with Crippen molar-refractivity contribution < 1.29 is 107 Å². The van der Waals surface area contributed by atoms with Crippen LogP contribution in [0, 0.1) is 6.92 Å². The first-order chi connectivity index (χ1) is 50.7. The molecule has 108 heavy (non-hydrogen) atoms. The Balaban J connectivity index is 0.000000177. The molecule has 14 nitrogen and oxygen atoms in total. The van der Waals surface area contributed by atoms with Gasteiger partial charge in [0, 0.05) is 31.2 Å². The third kappa shape index (κ3) is 20.9. The van der Waals surface area contributed by atoms with Gasteiger partial charge < -0.3 is 53.0 Å². The molecule has 3 unspecified atom stereocenters. The van der Waals surface area contributed by atoms with Gasteiger partial charge in [-0.15, -0.1) is 22.7 Å². The Bertz CT molecular complexity index is 4590. The molecule has 0 amide bonds. The molecule has 0 spiro atoms. The van der Waals surface area contributed by atoms with Crippen LogP contribution in [0.4, 0.5) is 39.5 Å². The number of aliphatic carboxylic acids is 1. The van der Waals surface area contributed by atoms with Crippen LogP contribution in [-0.2, 0) is 75.9 Å². The second-order valence-corrected chi connectivity index (χ2v) is 31.4. The Morgan fingerprint density at radius 2 is 0.778 bits per heavy atom. The molecule has 12 rings (SSSR count). The lowest BCUT2D eigenvalue weighted by Gasteiger charge is -2.30. The van der Waals surface area contributed by atoms with E-state index in [1.165, 1.54) is 52.2 Å². The number of benzene rings is 6. The maximum Gasteiger partial charge on any atom is 0.499 e. The van der Waals surface area contributed by atoms with Crippen molar-refractivity contribution in [2.45, 2.75) is 161 Å². The Kier molecular flexibility index (Phi) is 26.7. The molecule has 27 heteroatoms. The van der Waals surface area contributed by atoms with Gasteiger partial charge >= 0.3 is 43.6 Å². The fourth-order valence-electron chi connectivity index (χ4n) is 12.7. The van der Waals surface area contributed by atoms with Gasteiger partial charge in [-0.1, -0.05) is 60.7 Å². The number of alkyl halides is 9. The van der Waals surface area contributed by atoms with Crippen molar-refractivity contribution >= 4 is 63.8 Å². The summed E-state index contributed by atoms with van der Waals surface area (Å²) in [6.07, 6.45) is -14.4. The van der Waals surface area contributed by atoms with Crippen LogP contribution >= 0.6 is 34.0 Å². The van der Waals surface area contributed by atoms with Crippen molar-refractivity contribution in [3.05, 3.63) is 199 Å². The molecule has 0 aliphatic carbocycles. The summed E-state index contributed by atoms with van der Waals surface area (Å²) < 4.78 is 173. The monoisotopic (exact) mass is 1560 g/mol. The van der Waals surface area contributed by atoms with E-state index in [4.69, 9.17) is 47.9 Å². The van der Waals surface area contributed by atoms with E-state index in [2.05, 4.69) is 0 Å². The molecule has 0 radical (unpaired) electrons. The molecule has 9 aromatic rings. The quantitative estimate of drug-likeness (QED) is 0.0500. The lowest BCUT2D eigenvalue weighted by Crippen LogP contribution is -2.30. The van der Waals surface area contributed by atoms with Crippen molar-refractivity contribution in [2.24, 2.45) is 0 Å². The van der Waals surface area contributed by atoms with Gasteiger partial charge in [-0.05, 0) is 257 Å². The van der Waals surface area contributed by atoms with Crippen LogP contribution in [-0.4, -0.2) is 91.0 Å². The summed E-state index contributed by atoms with van der Waals surface area (Å²) in [6.45, 7) is 18.5. The molecular formula is C81H84BF9O14S3. The summed E-state index contributed by atoms with van der Waals surface area (Å²) in [5.74, 6) is -1.10. The first kappa shape index (κ1) is 83.5. The molecule has 3 atom stereocenters. The van der Waals surface area contributed by atoms with Gasteiger partial charge in [0.2, 0.25) is 0 Å². The minimum absolute atomic E-state index is 0.210. The number of rotatable bonds is 15. The molecule has 3 aliphatic rings. The molecule has 6 heterocycles. The molecule has 0 saturated carbocycles.